The van der Waals surface area contributed by atoms with Gasteiger partial charge in [-0.05, 0) is 36.8 Å². The van der Waals surface area contributed by atoms with E-state index >= 15 is 0 Å². The fourth-order valence-electron chi connectivity index (χ4n) is 3.53. The number of carbonyl (C=O) groups excluding carboxylic acids is 1. The van der Waals surface area contributed by atoms with Crippen LogP contribution in [0.2, 0.25) is 0 Å². The molecule has 2 aromatic heterocycles. The summed E-state index contributed by atoms with van der Waals surface area (Å²) in [5.41, 5.74) is 0.134. The fourth-order valence-corrected chi connectivity index (χ4v) is 3.53. The molecule has 0 radical (unpaired) electrons. The van der Waals surface area contributed by atoms with Crippen molar-refractivity contribution in [3.8, 4) is 29.0 Å². The molecule has 4 rings (SSSR count). The number of hydrogen-bond acceptors (Lipinski definition) is 6. The largest absolute Gasteiger partial charge is 0.490 e. The summed E-state index contributed by atoms with van der Waals surface area (Å²) in [6.45, 7) is 2.18. The Kier molecular flexibility index (Phi) is 7.33. The van der Waals surface area contributed by atoms with E-state index in [1.807, 2.05) is 0 Å². The van der Waals surface area contributed by atoms with Crippen molar-refractivity contribution in [3.05, 3.63) is 60.2 Å². The number of anilines is 1. The maximum absolute atomic E-state index is 13.0. The number of rotatable bonds is 6. The molecule has 0 aliphatic carbocycles. The number of nitrogens with zero attached hydrogens (tertiary/aromatic N) is 3. The summed E-state index contributed by atoms with van der Waals surface area (Å²) in [4.78, 5) is 24.5. The van der Waals surface area contributed by atoms with E-state index in [1.165, 1.54) is 12.3 Å². The second kappa shape index (κ2) is 10.6. The quantitative estimate of drug-likeness (QED) is 0.464. The highest BCUT2D eigenvalue weighted by Gasteiger charge is 2.33. The molecule has 1 aliphatic heterocycles. The molecular formula is C24H22F3N5O3. The van der Waals surface area contributed by atoms with E-state index in [0.29, 0.717) is 42.6 Å². The first-order valence-corrected chi connectivity index (χ1v) is 10.8. The van der Waals surface area contributed by atoms with Crippen LogP contribution in [0.3, 0.4) is 0 Å². The molecule has 1 amide bonds. The first-order chi connectivity index (χ1) is 16.8. The molecular weight excluding hydrogens is 463 g/mol. The Morgan fingerprint density at radius 3 is 2.86 bits per heavy atom. The predicted molar refractivity (Wildman–Crippen MR) is 121 cm³/mol. The monoisotopic (exact) mass is 485 g/mol. The fraction of sp³-hybridized carbons (Fsp3) is 0.292. The summed E-state index contributed by atoms with van der Waals surface area (Å²) in [5.74, 6) is 4.84. The molecule has 8 nitrogen and oxygen atoms in total. The van der Waals surface area contributed by atoms with Crippen LogP contribution in [0.25, 0.3) is 11.4 Å². The highest BCUT2D eigenvalue weighted by Crippen LogP contribution is 2.33. The second-order valence-corrected chi connectivity index (χ2v) is 7.89. The lowest BCUT2D eigenvalue weighted by molar-refractivity contribution is -0.140. The molecule has 0 spiro atoms. The summed E-state index contributed by atoms with van der Waals surface area (Å²) in [7, 11) is 0. The van der Waals surface area contributed by atoms with Crippen LogP contribution in [0.15, 0.2) is 48.9 Å². The normalized spacial score (nSPS) is 15.9. The van der Waals surface area contributed by atoms with E-state index in [0.717, 1.165) is 6.54 Å². The average molecular weight is 485 g/mol. The number of aromatic amines is 1. The van der Waals surface area contributed by atoms with Gasteiger partial charge in [-0.3, -0.25) is 14.7 Å². The van der Waals surface area contributed by atoms with Crippen molar-refractivity contribution < 1.29 is 27.8 Å². The Morgan fingerprint density at radius 1 is 1.31 bits per heavy atom. The zero-order chi connectivity index (χ0) is 24.8. The Bertz CT molecular complexity index is 1230. The summed E-state index contributed by atoms with van der Waals surface area (Å²) >= 11 is 0. The van der Waals surface area contributed by atoms with Crippen LogP contribution in [0.5, 0.6) is 5.75 Å². The lowest BCUT2D eigenvalue weighted by Crippen LogP contribution is -2.27. The number of carbonyl (C=O) groups is 1. The number of amides is 1. The van der Waals surface area contributed by atoms with E-state index in [1.54, 1.807) is 30.5 Å². The third-order valence-corrected chi connectivity index (χ3v) is 5.28. The lowest BCUT2D eigenvalue weighted by Gasteiger charge is -2.17. The molecule has 1 aliphatic rings. The van der Waals surface area contributed by atoms with Gasteiger partial charge < -0.3 is 20.1 Å². The molecule has 0 saturated carbocycles. The van der Waals surface area contributed by atoms with Gasteiger partial charge in [0.05, 0.1) is 18.0 Å². The molecule has 1 saturated heterocycles. The highest BCUT2D eigenvalue weighted by molar-refractivity contribution is 6.05. The van der Waals surface area contributed by atoms with Gasteiger partial charge in [0.2, 0.25) is 0 Å². The molecule has 1 fully saturated rings. The molecule has 1 atom stereocenters. The Morgan fingerprint density at radius 2 is 2.17 bits per heavy atom. The zero-order valence-electron chi connectivity index (χ0n) is 18.5. The van der Waals surface area contributed by atoms with Gasteiger partial charge in [0.15, 0.2) is 0 Å². The van der Waals surface area contributed by atoms with Crippen molar-refractivity contribution in [1.29, 1.82) is 0 Å². The minimum atomic E-state index is -4.56. The highest BCUT2D eigenvalue weighted by atomic mass is 19.4. The predicted octanol–water partition coefficient (Wildman–Crippen LogP) is 2.93. The summed E-state index contributed by atoms with van der Waals surface area (Å²) < 4.78 is 44.7. The number of H-pyrrole nitrogens is 1. The molecule has 3 heterocycles. The van der Waals surface area contributed by atoms with Crippen molar-refractivity contribution >= 4 is 11.6 Å². The number of β-amino-alcohol motifs (C(OH)–C–C–N with tert-alkyl or cyclic N) is 1. The van der Waals surface area contributed by atoms with Gasteiger partial charge in [0.1, 0.15) is 23.9 Å². The number of aliphatic hydroxyl groups excluding tert-OH is 1. The molecule has 1 unspecified atom stereocenters. The molecule has 182 valence electrons. The molecule has 1 aromatic carbocycles. The topological polar surface area (TPSA) is 103 Å². The summed E-state index contributed by atoms with van der Waals surface area (Å²) in [5, 5.41) is 12.3. The van der Waals surface area contributed by atoms with Crippen LogP contribution in [0.4, 0.5) is 18.9 Å². The van der Waals surface area contributed by atoms with Crippen molar-refractivity contribution in [2.75, 3.05) is 31.6 Å². The number of pyridine rings is 1. The number of nitrogens with one attached hydrogen (secondary N) is 2. The number of aromatic nitrogens is 3. The first-order valence-electron chi connectivity index (χ1n) is 10.8. The second-order valence-electron chi connectivity index (χ2n) is 7.89. The Hall–Kier alpha value is -3.88. The third kappa shape index (κ3) is 6.59. The van der Waals surface area contributed by atoms with Gasteiger partial charge in [-0.2, -0.15) is 13.2 Å². The number of halogens is 3. The van der Waals surface area contributed by atoms with Crippen molar-refractivity contribution in [2.24, 2.45) is 0 Å². The van der Waals surface area contributed by atoms with E-state index in [-0.39, 0.29) is 24.2 Å². The molecule has 35 heavy (non-hydrogen) atoms. The number of likely N-dealkylation sites (tertiary alicyclic amines) is 1. The van der Waals surface area contributed by atoms with Crippen molar-refractivity contribution in [2.45, 2.75) is 18.7 Å². The van der Waals surface area contributed by atoms with E-state index in [2.05, 4.69) is 37.0 Å². The lowest BCUT2D eigenvalue weighted by atomic mass is 10.1. The smallest absolute Gasteiger partial charge is 0.432 e. The van der Waals surface area contributed by atoms with E-state index in [4.69, 9.17) is 4.74 Å². The Labute approximate surface area is 199 Å². The summed E-state index contributed by atoms with van der Waals surface area (Å²) in [6, 6.07) is 7.96. The Balaban J connectivity index is 1.53. The average Bonchev–Trinajstić information content (AvgIpc) is 3.49. The molecule has 0 bridgehead atoms. The van der Waals surface area contributed by atoms with Gasteiger partial charge in [-0.1, -0.05) is 5.92 Å². The van der Waals surface area contributed by atoms with E-state index < -0.39 is 17.8 Å². The van der Waals surface area contributed by atoms with Crippen molar-refractivity contribution in [3.63, 3.8) is 0 Å². The molecule has 11 heteroatoms. The van der Waals surface area contributed by atoms with Crippen LogP contribution < -0.4 is 10.1 Å². The minimum absolute atomic E-state index is 0.00753. The number of benzene rings is 1. The van der Waals surface area contributed by atoms with Crippen LogP contribution >= 0.6 is 0 Å². The maximum Gasteiger partial charge on any atom is 0.432 e. The maximum atomic E-state index is 13.0. The van der Waals surface area contributed by atoms with Gasteiger partial charge in [-0.25, -0.2) is 4.98 Å². The minimum Gasteiger partial charge on any atom is -0.490 e. The molecule has 3 aromatic rings. The zero-order valence-corrected chi connectivity index (χ0v) is 18.5. The van der Waals surface area contributed by atoms with Gasteiger partial charge in [-0.15, -0.1) is 0 Å². The summed E-state index contributed by atoms with van der Waals surface area (Å²) in [6.07, 6.45) is -0.396. The first kappa shape index (κ1) is 24.3. The van der Waals surface area contributed by atoms with Gasteiger partial charge in [0.25, 0.3) is 0 Å². The van der Waals surface area contributed by atoms with Crippen LogP contribution in [0, 0.1) is 11.8 Å². The molecule has 3 N–H and O–H groups in total. The van der Waals surface area contributed by atoms with Crippen LogP contribution in [0.1, 0.15) is 17.7 Å². The van der Waals surface area contributed by atoms with Gasteiger partial charge in [0, 0.05) is 49.1 Å². The number of alkyl halides is 3. The SMILES string of the molecule is O=C(C#Cc1cccnc1)Nc1cc(-c2ncc(C(F)(F)F)[nH]2)ccc1OCCN1CCC(O)C1. The standard InChI is InChI=1S/C24H22F3N5O3/c25-24(26,27)21-14-29-23(31-21)17-4-5-20(35-11-10-32-9-7-18(33)15-32)19(12-17)30-22(34)6-3-16-2-1-8-28-13-16/h1-2,4-5,8,12-14,18,33H,7,9-11,15H2,(H,29,31)(H,30,34). The van der Waals surface area contributed by atoms with Crippen LogP contribution in [-0.2, 0) is 11.0 Å². The number of aliphatic hydroxyl groups is 1. The third-order valence-electron chi connectivity index (χ3n) is 5.28. The number of hydrogen-bond donors (Lipinski definition) is 3. The number of ether oxygens (including phenoxy) is 1. The van der Waals surface area contributed by atoms with Gasteiger partial charge >= 0.3 is 12.1 Å². The number of imidazole rings is 1. The van der Waals surface area contributed by atoms with E-state index in [9.17, 15) is 23.1 Å². The van der Waals surface area contributed by atoms with Crippen molar-refractivity contribution in [1.82, 2.24) is 19.9 Å². The van der Waals surface area contributed by atoms with Crippen LogP contribution in [-0.4, -0.2) is 63.2 Å².